The Morgan fingerprint density at radius 1 is 1.30 bits per heavy atom. The first-order chi connectivity index (χ1) is 14.5. The summed E-state index contributed by atoms with van der Waals surface area (Å²) in [6, 6.07) is 11.3. The summed E-state index contributed by atoms with van der Waals surface area (Å²) in [5.41, 5.74) is 1.06. The van der Waals surface area contributed by atoms with Crippen LogP contribution in [0.5, 0.6) is 0 Å². The Bertz CT molecular complexity index is 1070. The van der Waals surface area contributed by atoms with Gasteiger partial charge in [-0.2, -0.15) is 4.98 Å². The van der Waals surface area contributed by atoms with E-state index >= 15 is 0 Å². The highest BCUT2D eigenvalue weighted by Gasteiger charge is 2.25. The van der Waals surface area contributed by atoms with Crippen molar-refractivity contribution >= 4 is 44.5 Å². The molecule has 0 bridgehead atoms. The Hall–Kier alpha value is -3.47. The maximum absolute atomic E-state index is 11.2. The zero-order chi connectivity index (χ0) is 21.1. The lowest BCUT2D eigenvalue weighted by Gasteiger charge is -2.31. The summed E-state index contributed by atoms with van der Waals surface area (Å²) in [7, 11) is 0. The molecular formula is C19H19N5O5S. The first kappa shape index (κ1) is 19.8. The van der Waals surface area contributed by atoms with Crippen molar-refractivity contribution in [3.63, 3.8) is 0 Å². The van der Waals surface area contributed by atoms with Crippen LogP contribution in [0.1, 0.15) is 18.4 Å². The Balaban J connectivity index is 1.60. The maximum atomic E-state index is 11.2. The van der Waals surface area contributed by atoms with Gasteiger partial charge in [-0.05, 0) is 16.9 Å². The molecule has 1 saturated heterocycles. The van der Waals surface area contributed by atoms with Crippen molar-refractivity contribution in [2.75, 3.05) is 23.3 Å². The fourth-order valence-corrected chi connectivity index (χ4v) is 4.20. The molecule has 3 aromatic rings. The van der Waals surface area contributed by atoms with Crippen molar-refractivity contribution in [1.82, 2.24) is 9.97 Å². The van der Waals surface area contributed by atoms with Gasteiger partial charge in [-0.15, -0.1) is 0 Å². The third-order valence-electron chi connectivity index (χ3n) is 4.84. The first-order valence-corrected chi connectivity index (χ1v) is 10.2. The molecule has 3 heterocycles. The zero-order valence-electron chi connectivity index (χ0n) is 15.9. The molecule has 0 amide bonds. The number of nitro groups is 1. The number of benzene rings is 1. The molecule has 0 saturated carbocycles. The number of thiophene rings is 1. The topological polar surface area (TPSA) is 131 Å². The number of aromatic nitrogens is 2. The van der Waals surface area contributed by atoms with Gasteiger partial charge in [0.25, 0.3) is 0 Å². The van der Waals surface area contributed by atoms with Gasteiger partial charge in [-0.25, -0.2) is 9.78 Å². The maximum Gasteiger partial charge on any atom is 0.506 e. The molecule has 4 rings (SSSR count). The zero-order valence-corrected chi connectivity index (χ0v) is 16.7. The van der Waals surface area contributed by atoms with Gasteiger partial charge in [0.1, 0.15) is 16.8 Å². The standard InChI is InChI=1S/C19H19N5O5S/c25-19(26)29-13-6-8-23(9-7-13)18-21-16(20-11-12-4-2-1-3-5-12)14-10-15(24(27)28)30-17(14)22-18/h1-5,10,13H,6-9,11H2,(H,25,26)(H,20,21,22). The Kier molecular flexibility index (Phi) is 5.61. The van der Waals surface area contributed by atoms with Crippen LogP contribution in [0.25, 0.3) is 10.2 Å². The molecule has 11 heteroatoms. The van der Waals surface area contributed by atoms with Crippen LogP contribution in [0.4, 0.5) is 21.6 Å². The van der Waals surface area contributed by atoms with Gasteiger partial charge in [-0.1, -0.05) is 30.3 Å². The lowest BCUT2D eigenvalue weighted by molar-refractivity contribution is -0.380. The highest BCUT2D eigenvalue weighted by atomic mass is 32.1. The smallest absolute Gasteiger partial charge is 0.450 e. The van der Waals surface area contributed by atoms with Crippen molar-refractivity contribution in [3.8, 4) is 0 Å². The summed E-state index contributed by atoms with van der Waals surface area (Å²) < 4.78 is 4.85. The highest BCUT2D eigenvalue weighted by Crippen LogP contribution is 2.35. The number of hydrogen-bond acceptors (Lipinski definition) is 9. The quantitative estimate of drug-likeness (QED) is 0.340. The van der Waals surface area contributed by atoms with Crippen LogP contribution < -0.4 is 10.2 Å². The highest BCUT2D eigenvalue weighted by molar-refractivity contribution is 7.21. The summed E-state index contributed by atoms with van der Waals surface area (Å²) in [6.07, 6.45) is -0.554. The average molecular weight is 429 g/mol. The van der Waals surface area contributed by atoms with Crippen LogP contribution in [0.3, 0.4) is 0 Å². The van der Waals surface area contributed by atoms with E-state index in [9.17, 15) is 14.9 Å². The van der Waals surface area contributed by atoms with E-state index in [-0.39, 0.29) is 11.1 Å². The largest absolute Gasteiger partial charge is 0.506 e. The molecule has 30 heavy (non-hydrogen) atoms. The molecule has 1 fully saturated rings. The predicted molar refractivity (Wildman–Crippen MR) is 112 cm³/mol. The van der Waals surface area contributed by atoms with E-state index in [0.717, 1.165) is 16.9 Å². The molecule has 0 atom stereocenters. The SMILES string of the molecule is O=C(O)OC1CCN(c2nc(NCc3ccccc3)c3cc([N+](=O)[O-])sc3n2)CC1. The van der Waals surface area contributed by atoms with Gasteiger partial charge in [0.2, 0.25) is 5.95 Å². The first-order valence-electron chi connectivity index (χ1n) is 9.38. The van der Waals surface area contributed by atoms with E-state index in [2.05, 4.69) is 15.3 Å². The molecule has 2 aromatic heterocycles. The summed E-state index contributed by atoms with van der Waals surface area (Å²) in [5, 5.41) is 23.9. The third kappa shape index (κ3) is 4.40. The summed E-state index contributed by atoms with van der Waals surface area (Å²) >= 11 is 1.01. The summed E-state index contributed by atoms with van der Waals surface area (Å²) in [4.78, 5) is 33.2. The molecule has 156 valence electrons. The number of fused-ring (bicyclic) bond motifs is 1. The van der Waals surface area contributed by atoms with E-state index < -0.39 is 11.1 Å². The minimum atomic E-state index is -1.27. The normalized spacial score (nSPS) is 14.6. The monoisotopic (exact) mass is 429 g/mol. The van der Waals surface area contributed by atoms with Crippen LogP contribution in [-0.2, 0) is 11.3 Å². The van der Waals surface area contributed by atoms with Crippen molar-refractivity contribution in [2.24, 2.45) is 0 Å². The van der Waals surface area contributed by atoms with Crippen LogP contribution in [-0.4, -0.2) is 45.3 Å². The van der Waals surface area contributed by atoms with Gasteiger partial charge in [0.15, 0.2) is 0 Å². The number of nitrogens with zero attached hydrogens (tertiary/aromatic N) is 4. The second-order valence-corrected chi connectivity index (χ2v) is 7.85. The Morgan fingerprint density at radius 2 is 2.03 bits per heavy atom. The number of piperidine rings is 1. The fourth-order valence-electron chi connectivity index (χ4n) is 3.36. The van der Waals surface area contributed by atoms with Crippen LogP contribution in [0, 0.1) is 10.1 Å². The van der Waals surface area contributed by atoms with Gasteiger partial charge < -0.3 is 20.1 Å². The van der Waals surface area contributed by atoms with Crippen molar-refractivity contribution in [3.05, 3.63) is 52.1 Å². The minimum absolute atomic E-state index is 0.00720. The minimum Gasteiger partial charge on any atom is -0.450 e. The number of hydrogen-bond donors (Lipinski definition) is 2. The second kappa shape index (κ2) is 8.49. The van der Waals surface area contributed by atoms with Gasteiger partial charge in [0.05, 0.1) is 10.3 Å². The van der Waals surface area contributed by atoms with Gasteiger partial charge in [-0.3, -0.25) is 10.1 Å². The molecule has 0 spiro atoms. The van der Waals surface area contributed by atoms with Gasteiger partial charge >= 0.3 is 11.2 Å². The molecule has 10 nitrogen and oxygen atoms in total. The second-order valence-electron chi connectivity index (χ2n) is 6.84. The third-order valence-corrected chi connectivity index (χ3v) is 5.82. The number of nitrogens with one attached hydrogen (secondary N) is 1. The van der Waals surface area contributed by atoms with Crippen molar-refractivity contribution in [1.29, 1.82) is 0 Å². The number of rotatable bonds is 6. The van der Waals surface area contributed by atoms with Crippen LogP contribution in [0.2, 0.25) is 0 Å². The molecule has 0 unspecified atom stereocenters. The molecule has 1 aromatic carbocycles. The number of carboxylic acid groups (broad SMARTS) is 1. The summed E-state index contributed by atoms with van der Waals surface area (Å²) in [5.74, 6) is 0.996. The number of anilines is 2. The number of carbonyl (C=O) groups is 1. The molecule has 0 aliphatic carbocycles. The summed E-state index contributed by atoms with van der Waals surface area (Å²) in [6.45, 7) is 1.59. The fraction of sp³-hybridized carbons (Fsp3) is 0.316. The van der Waals surface area contributed by atoms with E-state index in [0.29, 0.717) is 54.5 Å². The Labute approximate surface area is 175 Å². The van der Waals surface area contributed by atoms with E-state index in [1.165, 1.54) is 6.07 Å². The lowest BCUT2D eigenvalue weighted by Crippen LogP contribution is -2.38. The lowest BCUT2D eigenvalue weighted by atomic mass is 10.1. The predicted octanol–water partition coefficient (Wildman–Crippen LogP) is 3.88. The molecule has 0 radical (unpaired) electrons. The van der Waals surface area contributed by atoms with Crippen molar-refractivity contribution in [2.45, 2.75) is 25.5 Å². The van der Waals surface area contributed by atoms with Crippen LogP contribution >= 0.6 is 11.3 Å². The van der Waals surface area contributed by atoms with Crippen LogP contribution in [0.15, 0.2) is 36.4 Å². The molecule has 2 N–H and O–H groups in total. The molecule has 1 aliphatic rings. The van der Waals surface area contributed by atoms with E-state index in [1.807, 2.05) is 35.2 Å². The van der Waals surface area contributed by atoms with E-state index in [1.54, 1.807) is 0 Å². The van der Waals surface area contributed by atoms with Gasteiger partial charge in [0, 0.05) is 38.5 Å². The molecule has 1 aliphatic heterocycles. The average Bonchev–Trinajstić information content (AvgIpc) is 3.18. The molecular weight excluding hydrogens is 410 g/mol. The van der Waals surface area contributed by atoms with Crippen molar-refractivity contribution < 1.29 is 19.6 Å². The Morgan fingerprint density at radius 3 is 2.70 bits per heavy atom. The number of ether oxygens (including phenoxy) is 1. The van der Waals surface area contributed by atoms with E-state index in [4.69, 9.17) is 9.84 Å².